The number of aliphatic hydroxyl groups excluding tert-OH is 1. The fourth-order valence-corrected chi connectivity index (χ4v) is 3.04. The van der Waals surface area contributed by atoms with Gasteiger partial charge in [0.2, 0.25) is 0 Å². The largest absolute Gasteiger partial charge is 0.385 e. The van der Waals surface area contributed by atoms with Gasteiger partial charge in [0.25, 0.3) is 0 Å². The van der Waals surface area contributed by atoms with Gasteiger partial charge in [-0.25, -0.2) is 0 Å². The molecule has 0 heterocycles. The maximum absolute atomic E-state index is 11.7. The van der Waals surface area contributed by atoms with Crippen LogP contribution < -0.4 is 0 Å². The van der Waals surface area contributed by atoms with Gasteiger partial charge < -0.3 is 5.11 Å². The Bertz CT molecular complexity index is 244. The lowest BCUT2D eigenvalue weighted by molar-refractivity contribution is -0.135. The van der Waals surface area contributed by atoms with E-state index >= 15 is 0 Å². The van der Waals surface area contributed by atoms with Crippen LogP contribution in [0.5, 0.6) is 0 Å². The van der Waals surface area contributed by atoms with E-state index in [1.165, 1.54) is 0 Å². The van der Waals surface area contributed by atoms with Crippen molar-refractivity contribution in [3.8, 4) is 0 Å². The van der Waals surface area contributed by atoms with E-state index in [0.29, 0.717) is 0 Å². The third kappa shape index (κ3) is 0.598. The first-order chi connectivity index (χ1) is 5.41. The predicted molar refractivity (Wildman–Crippen MR) is 45.6 cm³/mol. The van der Waals surface area contributed by atoms with Crippen LogP contribution in [0.25, 0.3) is 0 Å². The Kier molecular flexibility index (Phi) is 1.32. The summed E-state index contributed by atoms with van der Waals surface area (Å²) in [6.07, 6.45) is 1.29. The van der Waals surface area contributed by atoms with Crippen LogP contribution >= 0.6 is 0 Å². The molecule has 0 spiro atoms. The van der Waals surface area contributed by atoms with Crippen molar-refractivity contribution in [2.75, 3.05) is 0 Å². The Hall–Kier alpha value is -0.370. The van der Waals surface area contributed by atoms with Crippen molar-refractivity contribution in [3.05, 3.63) is 0 Å². The SMILES string of the molecule is CC1(C)[C@@H]2CC[C@@]1(C)C(=O)C2O. The molecule has 1 N–H and O–H groups in total. The Balaban J connectivity index is 2.50. The molecule has 2 fully saturated rings. The van der Waals surface area contributed by atoms with Crippen LogP contribution in [0.15, 0.2) is 0 Å². The molecule has 12 heavy (non-hydrogen) atoms. The van der Waals surface area contributed by atoms with Crippen molar-refractivity contribution in [1.29, 1.82) is 0 Å². The number of rotatable bonds is 0. The number of carbonyl (C=O) groups is 1. The van der Waals surface area contributed by atoms with E-state index in [1.807, 2.05) is 6.92 Å². The molecule has 0 amide bonds. The zero-order valence-electron chi connectivity index (χ0n) is 7.92. The Morgan fingerprint density at radius 1 is 1.42 bits per heavy atom. The van der Waals surface area contributed by atoms with Gasteiger partial charge in [-0.15, -0.1) is 0 Å². The summed E-state index contributed by atoms with van der Waals surface area (Å²) in [4.78, 5) is 11.7. The highest BCUT2D eigenvalue weighted by Crippen LogP contribution is 2.63. The third-order valence-electron chi connectivity index (χ3n) is 4.50. The minimum Gasteiger partial charge on any atom is -0.385 e. The molecule has 0 aromatic rings. The average molecular weight is 168 g/mol. The van der Waals surface area contributed by atoms with Gasteiger partial charge in [-0.3, -0.25) is 4.79 Å². The summed E-state index contributed by atoms with van der Waals surface area (Å²) in [5.74, 6) is 0.277. The van der Waals surface area contributed by atoms with E-state index in [4.69, 9.17) is 0 Å². The van der Waals surface area contributed by atoms with Crippen molar-refractivity contribution in [2.45, 2.75) is 39.7 Å². The molecule has 0 radical (unpaired) electrons. The molecule has 2 saturated carbocycles. The Morgan fingerprint density at radius 3 is 2.25 bits per heavy atom. The van der Waals surface area contributed by atoms with Gasteiger partial charge in [-0.2, -0.15) is 0 Å². The second-order valence-corrected chi connectivity index (χ2v) is 5.01. The van der Waals surface area contributed by atoms with Gasteiger partial charge in [0, 0.05) is 5.41 Å². The molecule has 2 aliphatic rings. The highest BCUT2D eigenvalue weighted by molar-refractivity contribution is 5.93. The van der Waals surface area contributed by atoms with Crippen molar-refractivity contribution in [1.82, 2.24) is 0 Å². The molecule has 68 valence electrons. The molecule has 1 unspecified atom stereocenters. The van der Waals surface area contributed by atoms with Crippen LogP contribution in [-0.2, 0) is 4.79 Å². The molecule has 0 aromatic carbocycles. The highest BCUT2D eigenvalue weighted by Gasteiger charge is 2.65. The standard InChI is InChI=1S/C10H16O2/c1-9(2)6-4-5-10(9,3)8(12)7(6)11/h6-7,11H,4-5H2,1-3H3/t6-,7?,10+/m1/s1. The number of carbonyl (C=O) groups excluding carboxylic acids is 1. The van der Waals surface area contributed by atoms with Crippen LogP contribution in [0, 0.1) is 16.7 Å². The summed E-state index contributed by atoms with van der Waals surface area (Å²) in [7, 11) is 0. The summed E-state index contributed by atoms with van der Waals surface area (Å²) in [5, 5.41) is 9.64. The molecule has 2 aliphatic carbocycles. The van der Waals surface area contributed by atoms with E-state index in [0.717, 1.165) is 12.8 Å². The number of Topliss-reactive ketones (excluding diaryl/α,β-unsaturated/α-hetero) is 1. The highest BCUT2D eigenvalue weighted by atomic mass is 16.3. The first kappa shape index (κ1) is 8.24. The minimum atomic E-state index is -0.682. The van der Waals surface area contributed by atoms with Crippen LogP contribution in [0.1, 0.15) is 33.6 Å². The second kappa shape index (κ2) is 1.92. The summed E-state index contributed by atoms with van der Waals surface area (Å²) < 4.78 is 0. The molecule has 0 aliphatic heterocycles. The normalized spacial score (nSPS) is 50.2. The summed E-state index contributed by atoms with van der Waals surface area (Å²) in [6, 6.07) is 0. The van der Waals surface area contributed by atoms with Crippen LogP contribution in [-0.4, -0.2) is 17.0 Å². The Labute approximate surface area is 73.0 Å². The second-order valence-electron chi connectivity index (χ2n) is 5.01. The molecular weight excluding hydrogens is 152 g/mol. The van der Waals surface area contributed by atoms with Gasteiger partial charge in [0.1, 0.15) is 6.10 Å². The number of ketones is 1. The summed E-state index contributed by atoms with van der Waals surface area (Å²) >= 11 is 0. The van der Waals surface area contributed by atoms with E-state index in [1.54, 1.807) is 0 Å². The zero-order chi connectivity index (χ0) is 9.15. The van der Waals surface area contributed by atoms with Gasteiger partial charge in [-0.05, 0) is 24.2 Å². The molecular formula is C10H16O2. The third-order valence-corrected chi connectivity index (χ3v) is 4.50. The van der Waals surface area contributed by atoms with Crippen molar-refractivity contribution in [2.24, 2.45) is 16.7 Å². The molecule has 3 atom stereocenters. The first-order valence-corrected chi connectivity index (χ1v) is 4.63. The molecule has 0 aromatic heterocycles. The van der Waals surface area contributed by atoms with Crippen molar-refractivity contribution >= 4 is 5.78 Å². The summed E-state index contributed by atoms with van der Waals surface area (Å²) in [6.45, 7) is 6.23. The zero-order valence-corrected chi connectivity index (χ0v) is 7.92. The van der Waals surface area contributed by atoms with Crippen LogP contribution in [0.2, 0.25) is 0 Å². The molecule has 2 nitrogen and oxygen atoms in total. The van der Waals surface area contributed by atoms with Crippen molar-refractivity contribution in [3.63, 3.8) is 0 Å². The summed E-state index contributed by atoms with van der Waals surface area (Å²) in [5.41, 5.74) is -0.249. The van der Waals surface area contributed by atoms with Crippen LogP contribution in [0.4, 0.5) is 0 Å². The van der Waals surface area contributed by atoms with E-state index < -0.39 is 6.10 Å². The molecule has 2 rings (SSSR count). The Morgan fingerprint density at radius 2 is 2.00 bits per heavy atom. The number of fused-ring (bicyclic) bond motifs is 2. The number of aliphatic hydroxyl groups is 1. The number of hydrogen-bond acceptors (Lipinski definition) is 2. The van der Waals surface area contributed by atoms with Gasteiger partial charge in [-0.1, -0.05) is 20.8 Å². The first-order valence-electron chi connectivity index (χ1n) is 4.63. The lowest BCUT2D eigenvalue weighted by Crippen LogP contribution is -2.34. The maximum Gasteiger partial charge on any atom is 0.167 e. The molecule has 2 bridgehead atoms. The van der Waals surface area contributed by atoms with Gasteiger partial charge in [0.15, 0.2) is 5.78 Å². The fraction of sp³-hybridized carbons (Fsp3) is 0.900. The lowest BCUT2D eigenvalue weighted by Gasteiger charge is -2.31. The predicted octanol–water partition coefficient (Wildman–Crippen LogP) is 1.37. The van der Waals surface area contributed by atoms with E-state index in [2.05, 4.69) is 13.8 Å². The van der Waals surface area contributed by atoms with Crippen molar-refractivity contribution < 1.29 is 9.90 Å². The van der Waals surface area contributed by atoms with E-state index in [9.17, 15) is 9.90 Å². The fourth-order valence-electron chi connectivity index (χ4n) is 3.04. The van der Waals surface area contributed by atoms with E-state index in [-0.39, 0.29) is 22.5 Å². The smallest absolute Gasteiger partial charge is 0.167 e. The molecule has 2 heteroatoms. The molecule has 0 saturated heterocycles. The lowest BCUT2D eigenvalue weighted by atomic mass is 9.70. The van der Waals surface area contributed by atoms with Crippen LogP contribution in [0.3, 0.4) is 0 Å². The monoisotopic (exact) mass is 168 g/mol. The topological polar surface area (TPSA) is 37.3 Å². The number of hydrogen-bond donors (Lipinski definition) is 1. The maximum atomic E-state index is 11.7. The quantitative estimate of drug-likeness (QED) is 0.593. The van der Waals surface area contributed by atoms with Gasteiger partial charge in [0.05, 0.1) is 0 Å². The average Bonchev–Trinajstić information content (AvgIpc) is 2.26. The van der Waals surface area contributed by atoms with Gasteiger partial charge >= 0.3 is 0 Å². The minimum absolute atomic E-state index is 0.00347.